The van der Waals surface area contributed by atoms with Crippen molar-refractivity contribution in [1.82, 2.24) is 5.32 Å². The van der Waals surface area contributed by atoms with Gasteiger partial charge in [-0.25, -0.2) is 0 Å². The highest BCUT2D eigenvalue weighted by atomic mass is 79.9. The van der Waals surface area contributed by atoms with Crippen molar-refractivity contribution in [3.05, 3.63) is 58.6 Å². The van der Waals surface area contributed by atoms with E-state index < -0.39 is 0 Å². The standard InChI is InChI=1S/C19H22BrN3O3/c1-26-12-4-11-21-19(25)14-7-9-15(10-8-14)23-18(24)13-22-17-6-3-2-5-16(17)20/h2-3,5-10,22H,4,11-13H2,1H3,(H,21,25)(H,23,24). The number of para-hydroxylation sites is 1. The summed E-state index contributed by atoms with van der Waals surface area (Å²) in [5.41, 5.74) is 2.04. The summed E-state index contributed by atoms with van der Waals surface area (Å²) >= 11 is 3.42. The molecule has 2 aromatic rings. The zero-order valence-corrected chi connectivity index (χ0v) is 16.1. The van der Waals surface area contributed by atoms with Gasteiger partial charge in [0, 0.05) is 41.7 Å². The average molecular weight is 420 g/mol. The number of halogens is 1. The smallest absolute Gasteiger partial charge is 0.251 e. The van der Waals surface area contributed by atoms with Crippen LogP contribution in [0, 0.1) is 0 Å². The lowest BCUT2D eigenvalue weighted by Crippen LogP contribution is -2.25. The summed E-state index contributed by atoms with van der Waals surface area (Å²) in [7, 11) is 1.63. The molecule has 7 heteroatoms. The molecule has 2 rings (SSSR count). The second kappa shape index (κ2) is 10.6. The highest BCUT2D eigenvalue weighted by molar-refractivity contribution is 9.10. The maximum Gasteiger partial charge on any atom is 0.251 e. The molecule has 0 atom stereocenters. The van der Waals surface area contributed by atoms with Crippen LogP contribution < -0.4 is 16.0 Å². The van der Waals surface area contributed by atoms with Crippen molar-refractivity contribution in [2.24, 2.45) is 0 Å². The van der Waals surface area contributed by atoms with Crippen molar-refractivity contribution in [2.75, 3.05) is 37.4 Å². The molecule has 0 aliphatic heterocycles. The summed E-state index contributed by atoms with van der Waals surface area (Å²) < 4.78 is 5.83. The van der Waals surface area contributed by atoms with Crippen LogP contribution >= 0.6 is 15.9 Å². The van der Waals surface area contributed by atoms with E-state index >= 15 is 0 Å². The molecule has 26 heavy (non-hydrogen) atoms. The fourth-order valence-electron chi connectivity index (χ4n) is 2.21. The number of hydrogen-bond acceptors (Lipinski definition) is 4. The topological polar surface area (TPSA) is 79.5 Å². The maximum atomic E-state index is 12.0. The van der Waals surface area contributed by atoms with Gasteiger partial charge in [-0.2, -0.15) is 0 Å². The summed E-state index contributed by atoms with van der Waals surface area (Å²) in [6, 6.07) is 14.4. The summed E-state index contributed by atoms with van der Waals surface area (Å²) in [6.07, 6.45) is 0.765. The summed E-state index contributed by atoms with van der Waals surface area (Å²) in [5.74, 6) is -0.313. The van der Waals surface area contributed by atoms with Crippen LogP contribution in [-0.4, -0.2) is 38.6 Å². The minimum absolute atomic E-state index is 0.143. The number of carbonyl (C=O) groups is 2. The Hall–Kier alpha value is -2.38. The van der Waals surface area contributed by atoms with Crippen molar-refractivity contribution in [3.8, 4) is 0 Å². The van der Waals surface area contributed by atoms with Gasteiger partial charge in [0.05, 0.1) is 6.54 Å². The maximum absolute atomic E-state index is 12.0. The van der Waals surface area contributed by atoms with E-state index in [-0.39, 0.29) is 18.4 Å². The summed E-state index contributed by atoms with van der Waals surface area (Å²) in [4.78, 5) is 24.0. The SMILES string of the molecule is COCCCNC(=O)c1ccc(NC(=O)CNc2ccccc2Br)cc1. The van der Waals surface area contributed by atoms with Gasteiger partial charge in [-0.05, 0) is 58.7 Å². The van der Waals surface area contributed by atoms with E-state index in [1.807, 2.05) is 24.3 Å². The Kier molecular flexibility index (Phi) is 8.11. The van der Waals surface area contributed by atoms with Crippen LogP contribution in [0.15, 0.2) is 53.0 Å². The number of nitrogens with one attached hydrogen (secondary N) is 3. The van der Waals surface area contributed by atoms with E-state index in [4.69, 9.17) is 4.74 Å². The predicted octanol–water partition coefficient (Wildman–Crippen LogP) is 3.27. The lowest BCUT2D eigenvalue weighted by Gasteiger charge is -2.10. The molecule has 2 amide bonds. The first-order valence-corrected chi connectivity index (χ1v) is 9.05. The number of ether oxygens (including phenoxy) is 1. The number of rotatable bonds is 9. The predicted molar refractivity (Wildman–Crippen MR) is 107 cm³/mol. The van der Waals surface area contributed by atoms with Crippen LogP contribution in [0.5, 0.6) is 0 Å². The van der Waals surface area contributed by atoms with Gasteiger partial charge in [-0.3, -0.25) is 9.59 Å². The summed E-state index contributed by atoms with van der Waals surface area (Å²) in [6.45, 7) is 1.31. The van der Waals surface area contributed by atoms with Crippen LogP contribution in [0.2, 0.25) is 0 Å². The Morgan fingerprint density at radius 2 is 1.81 bits per heavy atom. The number of hydrogen-bond donors (Lipinski definition) is 3. The molecule has 0 fully saturated rings. The second-order valence-corrected chi connectivity index (χ2v) is 6.42. The Balaban J connectivity index is 1.80. The molecule has 3 N–H and O–H groups in total. The van der Waals surface area contributed by atoms with E-state index in [0.29, 0.717) is 24.4 Å². The molecule has 2 aromatic carbocycles. The molecule has 6 nitrogen and oxygen atoms in total. The average Bonchev–Trinajstić information content (AvgIpc) is 2.65. The van der Waals surface area contributed by atoms with Gasteiger partial charge >= 0.3 is 0 Å². The van der Waals surface area contributed by atoms with Crippen molar-refractivity contribution in [2.45, 2.75) is 6.42 Å². The van der Waals surface area contributed by atoms with Gasteiger partial charge in [-0.15, -0.1) is 0 Å². The molecule has 138 valence electrons. The third kappa shape index (κ3) is 6.50. The molecule has 0 saturated heterocycles. The van der Waals surface area contributed by atoms with Crippen molar-refractivity contribution in [3.63, 3.8) is 0 Å². The quantitative estimate of drug-likeness (QED) is 0.544. The van der Waals surface area contributed by atoms with Crippen molar-refractivity contribution in [1.29, 1.82) is 0 Å². The van der Waals surface area contributed by atoms with Gasteiger partial charge in [0.25, 0.3) is 5.91 Å². The van der Waals surface area contributed by atoms with E-state index in [0.717, 1.165) is 16.6 Å². The Labute approximate surface area is 161 Å². The number of amides is 2. The lowest BCUT2D eigenvalue weighted by atomic mass is 10.2. The fraction of sp³-hybridized carbons (Fsp3) is 0.263. The van der Waals surface area contributed by atoms with Crippen LogP contribution in [0.1, 0.15) is 16.8 Å². The van der Waals surface area contributed by atoms with Crippen molar-refractivity contribution < 1.29 is 14.3 Å². The molecule has 0 radical (unpaired) electrons. The van der Waals surface area contributed by atoms with Gasteiger partial charge in [0.2, 0.25) is 5.91 Å². The molecule has 0 bridgehead atoms. The molecular formula is C19H22BrN3O3. The first kappa shape index (κ1) is 19.9. The van der Waals surface area contributed by atoms with Gasteiger partial charge < -0.3 is 20.7 Å². The van der Waals surface area contributed by atoms with E-state index in [1.165, 1.54) is 0 Å². The van der Waals surface area contributed by atoms with Gasteiger partial charge in [0.1, 0.15) is 0 Å². The van der Waals surface area contributed by atoms with E-state index in [2.05, 4.69) is 31.9 Å². The lowest BCUT2D eigenvalue weighted by molar-refractivity contribution is -0.114. The third-order valence-corrected chi connectivity index (χ3v) is 4.25. The molecule has 0 unspecified atom stereocenters. The van der Waals surface area contributed by atoms with Crippen LogP contribution in [0.3, 0.4) is 0 Å². The zero-order chi connectivity index (χ0) is 18.8. The largest absolute Gasteiger partial charge is 0.385 e. The first-order valence-electron chi connectivity index (χ1n) is 8.25. The summed E-state index contributed by atoms with van der Waals surface area (Å²) in [5, 5.41) is 8.67. The Morgan fingerprint density at radius 1 is 1.08 bits per heavy atom. The molecule has 0 aliphatic rings. The Bertz CT molecular complexity index is 735. The zero-order valence-electron chi connectivity index (χ0n) is 14.5. The van der Waals surface area contributed by atoms with Crippen LogP contribution in [0.25, 0.3) is 0 Å². The fourth-order valence-corrected chi connectivity index (χ4v) is 2.64. The van der Waals surface area contributed by atoms with Gasteiger partial charge in [-0.1, -0.05) is 12.1 Å². The molecule has 0 heterocycles. The number of benzene rings is 2. The van der Waals surface area contributed by atoms with E-state index in [1.54, 1.807) is 31.4 Å². The number of carbonyl (C=O) groups excluding carboxylic acids is 2. The molecular weight excluding hydrogens is 398 g/mol. The molecule has 0 spiro atoms. The molecule has 0 saturated carbocycles. The van der Waals surface area contributed by atoms with E-state index in [9.17, 15) is 9.59 Å². The monoisotopic (exact) mass is 419 g/mol. The minimum Gasteiger partial charge on any atom is -0.385 e. The normalized spacial score (nSPS) is 10.2. The van der Waals surface area contributed by atoms with Crippen molar-refractivity contribution >= 4 is 39.1 Å². The first-order chi connectivity index (χ1) is 12.6. The molecule has 0 aromatic heterocycles. The highest BCUT2D eigenvalue weighted by Gasteiger charge is 2.07. The second-order valence-electron chi connectivity index (χ2n) is 5.56. The third-order valence-electron chi connectivity index (χ3n) is 3.55. The number of methoxy groups -OCH3 is 1. The van der Waals surface area contributed by atoms with Crippen LogP contribution in [-0.2, 0) is 9.53 Å². The number of anilines is 2. The highest BCUT2D eigenvalue weighted by Crippen LogP contribution is 2.20. The van der Waals surface area contributed by atoms with Crippen LogP contribution in [0.4, 0.5) is 11.4 Å². The van der Waals surface area contributed by atoms with Gasteiger partial charge in [0.15, 0.2) is 0 Å². The molecule has 0 aliphatic carbocycles. The minimum atomic E-state index is -0.169. The Morgan fingerprint density at radius 3 is 2.50 bits per heavy atom.